The zero-order valence-corrected chi connectivity index (χ0v) is 29.4. The Morgan fingerprint density at radius 1 is 0.509 bits per heavy atom. The standard InChI is InChI=1S/C49H31N3S/c1-3-10-31(11-4-1)40-28-24-34-22-23-35-25-29-41(51-48(35)47(34)50-40)32-20-18-30(19-21-32)36-15-9-17-43-44(36)39-27-26-38-45(49(39)53-43)37-14-7-8-16-42(37)52-46(38)33-12-5-2-6-13-33/h1-29,48,51H. The average molecular weight is 694 g/mol. The van der Waals surface area contributed by atoms with Gasteiger partial charge in [0, 0.05) is 53.2 Å². The SMILES string of the molecule is C1=Cc2ccc(-c3ccccc3)nc2C2NC(c3ccc(-c4cccc5sc6c(ccc7c(-c8ccccc8)nc8ccccc8c76)c45)cc3)=CC=C12. The maximum atomic E-state index is 5.18. The van der Waals surface area contributed by atoms with Gasteiger partial charge in [-0.25, -0.2) is 9.97 Å². The summed E-state index contributed by atoms with van der Waals surface area (Å²) in [7, 11) is 0. The molecule has 4 heteroatoms. The van der Waals surface area contributed by atoms with Crippen molar-refractivity contribution < 1.29 is 0 Å². The van der Waals surface area contributed by atoms with Crippen LogP contribution in [-0.2, 0) is 0 Å². The van der Waals surface area contributed by atoms with E-state index in [4.69, 9.17) is 9.97 Å². The lowest BCUT2D eigenvalue weighted by atomic mass is 9.89. The molecule has 0 saturated carbocycles. The fourth-order valence-corrected chi connectivity index (χ4v) is 9.43. The van der Waals surface area contributed by atoms with Crippen molar-refractivity contribution in [2.75, 3.05) is 0 Å². The van der Waals surface area contributed by atoms with Crippen molar-refractivity contribution in [3.8, 4) is 33.6 Å². The largest absolute Gasteiger partial charge is 0.372 e. The average Bonchev–Trinajstić information content (AvgIpc) is 3.63. The Balaban J connectivity index is 0.986. The monoisotopic (exact) mass is 693 g/mol. The number of pyridine rings is 2. The second-order valence-electron chi connectivity index (χ2n) is 13.8. The van der Waals surface area contributed by atoms with Gasteiger partial charge in [0.1, 0.15) is 0 Å². The van der Waals surface area contributed by atoms with Crippen molar-refractivity contribution in [1.29, 1.82) is 0 Å². The highest BCUT2D eigenvalue weighted by Gasteiger charge is 2.26. The van der Waals surface area contributed by atoms with Gasteiger partial charge in [0.05, 0.1) is 28.6 Å². The van der Waals surface area contributed by atoms with Crippen LogP contribution in [0.4, 0.5) is 0 Å². The van der Waals surface area contributed by atoms with Crippen LogP contribution >= 0.6 is 11.3 Å². The van der Waals surface area contributed by atoms with E-state index in [9.17, 15) is 0 Å². The second kappa shape index (κ2) is 12.0. The molecule has 3 nitrogen and oxygen atoms in total. The van der Waals surface area contributed by atoms with Crippen LogP contribution in [0, 0.1) is 0 Å². The highest BCUT2D eigenvalue weighted by Crippen LogP contribution is 2.46. The Labute approximate surface area is 310 Å². The van der Waals surface area contributed by atoms with E-state index in [1.165, 1.54) is 53.0 Å². The van der Waals surface area contributed by atoms with Crippen LogP contribution in [0.5, 0.6) is 0 Å². The number of hydrogen-bond acceptors (Lipinski definition) is 4. The highest BCUT2D eigenvalue weighted by molar-refractivity contribution is 7.27. The van der Waals surface area contributed by atoms with E-state index < -0.39 is 0 Å². The lowest BCUT2D eigenvalue weighted by Gasteiger charge is -2.30. The predicted molar refractivity (Wildman–Crippen MR) is 224 cm³/mol. The first-order valence-corrected chi connectivity index (χ1v) is 18.8. The van der Waals surface area contributed by atoms with Crippen LogP contribution in [0.15, 0.2) is 175 Å². The van der Waals surface area contributed by atoms with Crippen molar-refractivity contribution in [2.45, 2.75) is 6.04 Å². The number of hydrogen-bond donors (Lipinski definition) is 1. The minimum Gasteiger partial charge on any atom is -0.372 e. The van der Waals surface area contributed by atoms with Crippen molar-refractivity contribution in [1.82, 2.24) is 15.3 Å². The normalized spacial score (nSPS) is 14.9. The molecule has 11 rings (SSSR count). The number of aromatic nitrogens is 2. The van der Waals surface area contributed by atoms with E-state index in [1.807, 2.05) is 17.4 Å². The third-order valence-electron chi connectivity index (χ3n) is 10.7. The van der Waals surface area contributed by atoms with Crippen LogP contribution in [0.1, 0.15) is 22.9 Å². The molecule has 1 aliphatic carbocycles. The zero-order chi connectivity index (χ0) is 34.9. The summed E-state index contributed by atoms with van der Waals surface area (Å²) in [5, 5.41) is 10.1. The van der Waals surface area contributed by atoms with E-state index >= 15 is 0 Å². The fourth-order valence-electron chi connectivity index (χ4n) is 8.14. The number of fused-ring (bicyclic) bond motifs is 10. The number of rotatable bonds is 4. The second-order valence-corrected chi connectivity index (χ2v) is 14.8. The van der Waals surface area contributed by atoms with Gasteiger partial charge in [-0.15, -0.1) is 11.3 Å². The van der Waals surface area contributed by atoms with Gasteiger partial charge >= 0.3 is 0 Å². The Morgan fingerprint density at radius 2 is 1.26 bits per heavy atom. The molecular formula is C49H31N3S. The first-order valence-electron chi connectivity index (χ1n) is 18.0. The smallest absolute Gasteiger partial charge is 0.0946 e. The zero-order valence-electron chi connectivity index (χ0n) is 28.6. The Kier molecular flexibility index (Phi) is 6.79. The molecule has 1 N–H and O–H groups in total. The van der Waals surface area contributed by atoms with Crippen molar-refractivity contribution >= 4 is 65.0 Å². The highest BCUT2D eigenvalue weighted by atomic mass is 32.1. The molecule has 0 radical (unpaired) electrons. The summed E-state index contributed by atoms with van der Waals surface area (Å²) in [6.07, 6.45) is 8.80. The molecule has 248 valence electrons. The lowest BCUT2D eigenvalue weighted by molar-refractivity contribution is 0.705. The first-order chi connectivity index (χ1) is 26.3. The third kappa shape index (κ3) is 4.87. The van der Waals surface area contributed by atoms with Gasteiger partial charge in [-0.3, -0.25) is 0 Å². The van der Waals surface area contributed by atoms with E-state index in [0.29, 0.717) is 0 Å². The minimum atomic E-state index is -0.00670. The maximum absolute atomic E-state index is 5.18. The molecular weight excluding hydrogens is 663 g/mol. The Bertz CT molecular complexity index is 3010. The number of para-hydroxylation sites is 1. The molecule has 1 atom stereocenters. The molecule has 0 amide bonds. The van der Waals surface area contributed by atoms with Gasteiger partial charge in [0.2, 0.25) is 0 Å². The Morgan fingerprint density at radius 3 is 2.11 bits per heavy atom. The van der Waals surface area contributed by atoms with Gasteiger partial charge in [-0.05, 0) is 52.1 Å². The summed E-state index contributed by atoms with van der Waals surface area (Å²) in [4.78, 5) is 10.4. The molecule has 1 aliphatic heterocycles. The summed E-state index contributed by atoms with van der Waals surface area (Å²) in [6.45, 7) is 0. The first kappa shape index (κ1) is 30.0. The van der Waals surface area contributed by atoms with E-state index in [-0.39, 0.29) is 6.04 Å². The quantitative estimate of drug-likeness (QED) is 0.187. The molecule has 0 saturated heterocycles. The molecule has 0 fully saturated rings. The molecule has 53 heavy (non-hydrogen) atoms. The van der Waals surface area contributed by atoms with E-state index in [1.54, 1.807) is 0 Å². The third-order valence-corrected chi connectivity index (χ3v) is 11.9. The number of allylic oxidation sites excluding steroid dienone is 2. The predicted octanol–water partition coefficient (Wildman–Crippen LogP) is 12.8. The minimum absolute atomic E-state index is 0.00670. The topological polar surface area (TPSA) is 37.8 Å². The van der Waals surface area contributed by atoms with E-state index in [0.717, 1.165) is 50.5 Å². The Hall–Kier alpha value is -6.62. The van der Waals surface area contributed by atoms with Gasteiger partial charge in [-0.2, -0.15) is 0 Å². The van der Waals surface area contributed by atoms with Gasteiger partial charge in [0.25, 0.3) is 0 Å². The number of benzene rings is 6. The molecule has 3 aromatic heterocycles. The van der Waals surface area contributed by atoms with Crippen LogP contribution in [-0.4, -0.2) is 9.97 Å². The summed E-state index contributed by atoms with van der Waals surface area (Å²) in [6, 6.07) is 54.2. The van der Waals surface area contributed by atoms with Crippen LogP contribution in [0.3, 0.4) is 0 Å². The lowest BCUT2D eigenvalue weighted by Crippen LogP contribution is -2.27. The van der Waals surface area contributed by atoms with Gasteiger partial charge < -0.3 is 5.32 Å². The molecule has 0 bridgehead atoms. The van der Waals surface area contributed by atoms with E-state index in [2.05, 4.69) is 175 Å². The van der Waals surface area contributed by atoms with Crippen molar-refractivity contribution in [3.63, 3.8) is 0 Å². The molecule has 1 unspecified atom stereocenters. The number of thiophene rings is 1. The molecule has 0 spiro atoms. The van der Waals surface area contributed by atoms with Crippen molar-refractivity contribution in [3.05, 3.63) is 192 Å². The van der Waals surface area contributed by atoms with Crippen LogP contribution < -0.4 is 5.32 Å². The molecule has 2 aliphatic rings. The van der Waals surface area contributed by atoms with Crippen molar-refractivity contribution in [2.24, 2.45) is 0 Å². The summed E-state index contributed by atoms with van der Waals surface area (Å²) < 4.78 is 2.60. The van der Waals surface area contributed by atoms with Crippen LogP contribution in [0.25, 0.3) is 87.3 Å². The maximum Gasteiger partial charge on any atom is 0.0946 e. The summed E-state index contributed by atoms with van der Waals surface area (Å²) in [5.74, 6) is 0. The molecule has 4 heterocycles. The summed E-state index contributed by atoms with van der Waals surface area (Å²) in [5.41, 5.74) is 13.4. The van der Waals surface area contributed by atoms with Gasteiger partial charge in [0.15, 0.2) is 0 Å². The van der Waals surface area contributed by atoms with Gasteiger partial charge in [-0.1, -0.05) is 152 Å². The molecule has 6 aromatic carbocycles. The fraction of sp³-hybridized carbons (Fsp3) is 0.0204. The number of dihydropyridines is 1. The molecule has 9 aromatic rings. The van der Waals surface area contributed by atoms with Crippen LogP contribution in [0.2, 0.25) is 0 Å². The summed E-state index contributed by atoms with van der Waals surface area (Å²) >= 11 is 1.88. The number of nitrogens with zero attached hydrogens (tertiary/aromatic N) is 2. The number of nitrogens with one attached hydrogen (secondary N) is 1.